The van der Waals surface area contributed by atoms with Gasteiger partial charge in [0, 0.05) is 56.3 Å². The van der Waals surface area contributed by atoms with Gasteiger partial charge in [0.15, 0.2) is 0 Å². The molecule has 2 aromatic carbocycles. The number of primary sulfonamides is 1. The number of anilines is 2. The van der Waals surface area contributed by atoms with Crippen LogP contribution < -0.4 is 20.5 Å². The third kappa shape index (κ3) is 7.23. The molecule has 4 N–H and O–H groups in total. The molecule has 1 aromatic heterocycles. The number of ether oxygens (including phenoxy) is 2. The molecule has 0 unspecified atom stereocenters. The van der Waals surface area contributed by atoms with Crippen molar-refractivity contribution in [2.75, 3.05) is 50.6 Å². The van der Waals surface area contributed by atoms with E-state index >= 15 is 0 Å². The zero-order valence-electron chi connectivity index (χ0n) is 25.4. The fourth-order valence-corrected chi connectivity index (χ4v) is 8.71. The van der Waals surface area contributed by atoms with Crippen molar-refractivity contribution >= 4 is 42.8 Å². The molecule has 8 nitrogen and oxygen atoms in total. The van der Waals surface area contributed by atoms with E-state index in [-0.39, 0.29) is 17.9 Å². The van der Waals surface area contributed by atoms with E-state index in [1.165, 1.54) is 69.4 Å². The molecule has 2 saturated heterocycles. The average Bonchev–Trinajstić information content (AvgIpc) is 3.35. The predicted octanol–water partition coefficient (Wildman–Crippen LogP) is 5.66. The van der Waals surface area contributed by atoms with E-state index in [2.05, 4.69) is 27.4 Å². The Kier molecular flexibility index (Phi) is 9.54. The molecule has 0 bridgehead atoms. The van der Waals surface area contributed by atoms with Crippen molar-refractivity contribution in [2.24, 2.45) is 10.6 Å². The van der Waals surface area contributed by atoms with Crippen molar-refractivity contribution in [2.45, 2.75) is 68.4 Å². The van der Waals surface area contributed by atoms with Crippen LogP contribution in [0.25, 0.3) is 10.1 Å². The minimum atomic E-state index is -3.87. The third-order valence-electron chi connectivity index (χ3n) is 9.45. The molecule has 3 aromatic rings. The van der Waals surface area contributed by atoms with Crippen LogP contribution in [0.2, 0.25) is 0 Å². The Morgan fingerprint density at radius 2 is 1.89 bits per heavy atom. The maximum atomic E-state index is 13.7. The fourth-order valence-electron chi connectivity index (χ4n) is 7.00. The predicted molar refractivity (Wildman–Crippen MR) is 175 cm³/mol. The monoisotopic (exact) mass is 658 g/mol. The van der Waals surface area contributed by atoms with Crippen LogP contribution >= 0.6 is 11.3 Å². The molecule has 1 spiro atoms. The number of likely N-dealkylation sites (tertiary alicyclic amines) is 1. The Labute approximate surface area is 267 Å². The van der Waals surface area contributed by atoms with Crippen LogP contribution in [0, 0.1) is 17.3 Å². The highest BCUT2D eigenvalue weighted by molar-refractivity contribution is 7.89. The number of hydrogen-bond donors (Lipinski definition) is 3. The summed E-state index contributed by atoms with van der Waals surface area (Å²) in [5.41, 5.74) is 2.58. The molecule has 3 fully saturated rings. The van der Waals surface area contributed by atoms with E-state index in [0.29, 0.717) is 39.4 Å². The van der Waals surface area contributed by atoms with Gasteiger partial charge in [-0.25, -0.2) is 22.3 Å². The molecular weight excluding hydrogens is 619 g/mol. The van der Waals surface area contributed by atoms with Crippen molar-refractivity contribution in [1.29, 1.82) is 0 Å². The highest BCUT2D eigenvalue weighted by Crippen LogP contribution is 2.43. The van der Waals surface area contributed by atoms with Gasteiger partial charge in [-0.05, 0) is 67.7 Å². The number of fused-ring (bicyclic) bond motifs is 1. The quantitative estimate of drug-likeness (QED) is 0.255. The van der Waals surface area contributed by atoms with Crippen molar-refractivity contribution < 1.29 is 26.7 Å². The molecule has 1 aliphatic carbocycles. The highest BCUT2D eigenvalue weighted by Gasteiger charge is 2.46. The second-order valence-electron chi connectivity index (χ2n) is 12.4. The Balaban J connectivity index is 1.12. The summed E-state index contributed by atoms with van der Waals surface area (Å²) >= 11 is 1.45. The van der Waals surface area contributed by atoms with Crippen molar-refractivity contribution in [3.8, 4) is 17.6 Å². The number of rotatable bonds is 9. The lowest BCUT2D eigenvalue weighted by Gasteiger charge is -2.56. The maximum absolute atomic E-state index is 13.7. The second-order valence-corrected chi connectivity index (χ2v) is 15.0. The van der Waals surface area contributed by atoms with Gasteiger partial charge in [-0.15, -0.1) is 11.3 Å². The Morgan fingerprint density at radius 1 is 1.13 bits per heavy atom. The normalized spacial score (nSPS) is 21.7. The molecule has 0 amide bonds. The summed E-state index contributed by atoms with van der Waals surface area (Å²) in [6, 6.07) is 11.1. The average molecular weight is 659 g/mol. The number of nitrogens with one attached hydrogen (secondary N) is 2. The summed E-state index contributed by atoms with van der Waals surface area (Å²) in [7, 11) is -2.44. The Morgan fingerprint density at radius 3 is 2.58 bits per heavy atom. The Bertz CT molecular complexity index is 1680. The van der Waals surface area contributed by atoms with E-state index in [9.17, 15) is 17.2 Å². The van der Waals surface area contributed by atoms with Gasteiger partial charge in [0.05, 0.1) is 39.5 Å². The number of nitrogens with zero attached hydrogens (tertiary/aromatic N) is 1. The van der Waals surface area contributed by atoms with Crippen LogP contribution in [-0.2, 0) is 21.2 Å². The van der Waals surface area contributed by atoms with Gasteiger partial charge >= 0.3 is 0 Å². The summed E-state index contributed by atoms with van der Waals surface area (Å²) in [5, 5.41) is 12.9. The summed E-state index contributed by atoms with van der Waals surface area (Å²) < 4.78 is 62.5. The second kappa shape index (κ2) is 13.4. The van der Waals surface area contributed by atoms with E-state index in [1.54, 1.807) is 6.07 Å². The van der Waals surface area contributed by atoms with Crippen molar-refractivity contribution in [3.05, 3.63) is 46.8 Å². The molecule has 2 aliphatic heterocycles. The molecular formula is C33H40F2N4O4S2. The number of sulfonamides is 1. The standard InChI is InChI=1S/C33H40F2N4O4S2/c1-42-29-18-24(45(36,40)41)11-12-27(29)37-15-3-6-30-26(19-31(34)35)25-4-2-5-28(32(25)44-30)38-22-7-9-23(10-8-22)39-20-33(21-39)13-16-43-17-14-33/h2,4-5,11-12,18,22-23,31,37-38H,7-10,13-17,19-21H2,1H3,(H2,36,40,41). The van der Waals surface area contributed by atoms with E-state index in [4.69, 9.17) is 14.6 Å². The topological polar surface area (TPSA) is 106 Å². The van der Waals surface area contributed by atoms with Gasteiger partial charge in [0.2, 0.25) is 16.4 Å². The van der Waals surface area contributed by atoms with Crippen LogP contribution in [0.15, 0.2) is 41.3 Å². The largest absolute Gasteiger partial charge is 0.495 e. The molecule has 1 saturated carbocycles. The van der Waals surface area contributed by atoms with E-state index < -0.39 is 16.4 Å². The fraction of sp³-hybridized carbons (Fsp3) is 0.515. The van der Waals surface area contributed by atoms with Crippen LogP contribution in [0.1, 0.15) is 49.0 Å². The number of nitrogens with two attached hydrogens (primary N) is 1. The van der Waals surface area contributed by atoms with Crippen LogP contribution in [-0.4, -0.2) is 71.8 Å². The van der Waals surface area contributed by atoms with Gasteiger partial charge in [-0.3, -0.25) is 4.90 Å². The van der Waals surface area contributed by atoms with Gasteiger partial charge in [-0.1, -0.05) is 24.0 Å². The zero-order valence-corrected chi connectivity index (χ0v) is 27.0. The van der Waals surface area contributed by atoms with Crippen LogP contribution in [0.5, 0.6) is 5.75 Å². The number of halogens is 2. The number of methoxy groups -OCH3 is 1. The molecule has 6 rings (SSSR count). The van der Waals surface area contributed by atoms with E-state index in [1.807, 2.05) is 18.2 Å². The van der Waals surface area contributed by atoms with Gasteiger partial charge < -0.3 is 20.1 Å². The van der Waals surface area contributed by atoms with Crippen molar-refractivity contribution in [3.63, 3.8) is 0 Å². The first kappa shape index (κ1) is 32.0. The SMILES string of the molecule is COc1cc(S(N)(=O)=O)ccc1NCC#Cc1sc2c(NC3CCC(N4CC5(CCOCC5)C4)CC3)cccc2c1CC(F)F. The molecule has 242 valence electrons. The summed E-state index contributed by atoms with van der Waals surface area (Å²) in [4.78, 5) is 3.24. The van der Waals surface area contributed by atoms with Gasteiger partial charge in [0.25, 0.3) is 0 Å². The smallest absolute Gasteiger partial charge is 0.242 e. The number of alkyl halides is 2. The maximum Gasteiger partial charge on any atom is 0.242 e. The van der Waals surface area contributed by atoms with Gasteiger partial charge in [-0.2, -0.15) is 0 Å². The third-order valence-corrected chi connectivity index (χ3v) is 11.6. The number of benzene rings is 2. The van der Waals surface area contributed by atoms with Gasteiger partial charge in [0.1, 0.15) is 5.75 Å². The lowest BCUT2D eigenvalue weighted by atomic mass is 9.71. The minimum absolute atomic E-state index is 0.0602. The summed E-state index contributed by atoms with van der Waals surface area (Å²) in [6.07, 6.45) is 4.03. The van der Waals surface area contributed by atoms with Crippen LogP contribution in [0.3, 0.4) is 0 Å². The van der Waals surface area contributed by atoms with Crippen molar-refractivity contribution in [1.82, 2.24) is 4.90 Å². The number of hydrogen-bond acceptors (Lipinski definition) is 8. The molecule has 0 atom stereocenters. The first-order chi connectivity index (χ1) is 21.6. The zero-order chi connectivity index (χ0) is 31.6. The first-order valence-corrected chi connectivity index (χ1v) is 17.8. The number of thiophene rings is 1. The Hall–Kier alpha value is -2.95. The molecule has 12 heteroatoms. The van der Waals surface area contributed by atoms with E-state index in [0.717, 1.165) is 41.8 Å². The molecule has 0 radical (unpaired) electrons. The van der Waals surface area contributed by atoms with Crippen LogP contribution in [0.4, 0.5) is 20.2 Å². The first-order valence-electron chi connectivity index (χ1n) is 15.5. The lowest BCUT2D eigenvalue weighted by Crippen LogP contribution is -2.62. The molecule has 3 aliphatic rings. The lowest BCUT2D eigenvalue weighted by molar-refractivity contribution is -0.102. The molecule has 45 heavy (non-hydrogen) atoms. The minimum Gasteiger partial charge on any atom is -0.495 e. The summed E-state index contributed by atoms with van der Waals surface area (Å²) in [5.74, 6) is 6.46. The highest BCUT2D eigenvalue weighted by atomic mass is 32.2. The molecule has 3 heterocycles. The summed E-state index contributed by atoms with van der Waals surface area (Å²) in [6.45, 7) is 4.42.